The van der Waals surface area contributed by atoms with Crippen LogP contribution in [-0.2, 0) is 26.2 Å². The maximum Gasteiger partial charge on any atom is 0.244 e. The molecule has 0 bridgehead atoms. The summed E-state index contributed by atoms with van der Waals surface area (Å²) in [5.74, 6) is -0.639. The van der Waals surface area contributed by atoms with Crippen LogP contribution in [0.2, 0.25) is 5.02 Å². The minimum atomic E-state index is -3.91. The van der Waals surface area contributed by atoms with E-state index in [1.807, 2.05) is 52.0 Å². The van der Waals surface area contributed by atoms with E-state index in [9.17, 15) is 18.0 Å². The summed E-state index contributed by atoms with van der Waals surface area (Å²) in [6, 6.07) is 11.2. The molecule has 10 heteroatoms. The summed E-state index contributed by atoms with van der Waals surface area (Å²) in [4.78, 5) is 28.0. The molecule has 2 aromatic carbocycles. The van der Waals surface area contributed by atoms with Crippen LogP contribution in [0.1, 0.15) is 38.8 Å². The molecule has 1 atom stereocenters. The first-order valence-electron chi connectivity index (χ1n) is 11.1. The molecule has 0 radical (unpaired) electrons. The molecular formula is C25H34ClN3O5S. The summed E-state index contributed by atoms with van der Waals surface area (Å²) in [6.45, 7) is 8.69. The lowest BCUT2D eigenvalue weighted by Gasteiger charge is -2.33. The molecule has 8 nitrogen and oxygen atoms in total. The number of aryl methyl sites for hydroxylation is 1. The third-order valence-corrected chi connectivity index (χ3v) is 6.72. The zero-order valence-corrected chi connectivity index (χ0v) is 22.8. The van der Waals surface area contributed by atoms with Crippen molar-refractivity contribution in [2.45, 2.75) is 52.7 Å². The number of hydrogen-bond acceptors (Lipinski definition) is 5. The number of amides is 2. The van der Waals surface area contributed by atoms with E-state index in [4.69, 9.17) is 16.3 Å². The third kappa shape index (κ3) is 7.86. The number of carbonyl (C=O) groups excluding carboxylic acids is 2. The molecule has 2 amide bonds. The van der Waals surface area contributed by atoms with Gasteiger partial charge in [-0.25, -0.2) is 8.42 Å². The van der Waals surface area contributed by atoms with Crippen molar-refractivity contribution < 1.29 is 22.7 Å². The average Bonchev–Trinajstić information content (AvgIpc) is 2.74. The molecule has 0 aliphatic heterocycles. The van der Waals surface area contributed by atoms with Crippen molar-refractivity contribution in [3.63, 3.8) is 0 Å². The van der Waals surface area contributed by atoms with E-state index in [0.29, 0.717) is 0 Å². The molecule has 1 N–H and O–H groups in total. The summed E-state index contributed by atoms with van der Waals surface area (Å²) in [6.07, 6.45) is 1.00. The Hall–Kier alpha value is -2.78. The highest BCUT2D eigenvalue weighted by atomic mass is 35.5. The second-order valence-electron chi connectivity index (χ2n) is 9.45. The Morgan fingerprint density at radius 2 is 1.77 bits per heavy atom. The Balaban J connectivity index is 2.49. The summed E-state index contributed by atoms with van der Waals surface area (Å²) < 4.78 is 31.8. The van der Waals surface area contributed by atoms with Crippen molar-refractivity contribution in [2.24, 2.45) is 0 Å². The van der Waals surface area contributed by atoms with Crippen LogP contribution in [0.3, 0.4) is 0 Å². The topological polar surface area (TPSA) is 96.0 Å². The lowest BCUT2D eigenvalue weighted by molar-refractivity contribution is -0.140. The molecule has 2 aromatic rings. The summed E-state index contributed by atoms with van der Waals surface area (Å²) in [7, 11) is -2.50. The van der Waals surface area contributed by atoms with E-state index in [1.54, 1.807) is 13.0 Å². The van der Waals surface area contributed by atoms with Gasteiger partial charge in [0.1, 0.15) is 18.3 Å². The third-order valence-electron chi connectivity index (χ3n) is 5.36. The number of rotatable bonds is 9. The van der Waals surface area contributed by atoms with E-state index in [0.717, 1.165) is 21.7 Å². The Morgan fingerprint density at radius 3 is 2.31 bits per heavy atom. The number of halogens is 1. The van der Waals surface area contributed by atoms with Crippen molar-refractivity contribution in [3.8, 4) is 5.75 Å². The molecule has 2 rings (SSSR count). The van der Waals surface area contributed by atoms with Gasteiger partial charge in [0.2, 0.25) is 21.8 Å². The maximum atomic E-state index is 13.7. The van der Waals surface area contributed by atoms with Crippen LogP contribution in [0.15, 0.2) is 42.5 Å². The lowest BCUT2D eigenvalue weighted by atomic mass is 10.1. The number of methoxy groups -OCH3 is 1. The maximum absolute atomic E-state index is 13.7. The van der Waals surface area contributed by atoms with Gasteiger partial charge in [-0.05, 0) is 63.9 Å². The van der Waals surface area contributed by atoms with E-state index >= 15 is 0 Å². The van der Waals surface area contributed by atoms with Gasteiger partial charge < -0.3 is 15.0 Å². The Bertz CT molecular complexity index is 1180. The van der Waals surface area contributed by atoms with E-state index < -0.39 is 34.1 Å². The first-order chi connectivity index (χ1) is 16.1. The van der Waals surface area contributed by atoms with E-state index in [2.05, 4.69) is 5.32 Å². The number of anilines is 1. The molecule has 0 aliphatic rings. The highest BCUT2D eigenvalue weighted by Crippen LogP contribution is 2.33. The van der Waals surface area contributed by atoms with Gasteiger partial charge in [-0.2, -0.15) is 0 Å². The molecule has 0 aromatic heterocycles. The fraction of sp³-hybridized carbons (Fsp3) is 0.440. The van der Waals surface area contributed by atoms with Crippen molar-refractivity contribution >= 4 is 39.1 Å². The predicted molar refractivity (Wildman–Crippen MR) is 139 cm³/mol. The highest BCUT2D eigenvalue weighted by molar-refractivity contribution is 7.92. The van der Waals surface area contributed by atoms with Crippen LogP contribution in [0.5, 0.6) is 5.75 Å². The smallest absolute Gasteiger partial charge is 0.244 e. The highest BCUT2D eigenvalue weighted by Gasteiger charge is 2.32. The minimum Gasteiger partial charge on any atom is -0.495 e. The van der Waals surface area contributed by atoms with Crippen molar-refractivity contribution in [2.75, 3.05) is 24.2 Å². The second-order valence-corrected chi connectivity index (χ2v) is 11.8. The predicted octanol–water partition coefficient (Wildman–Crippen LogP) is 3.76. The van der Waals surface area contributed by atoms with Crippen LogP contribution in [0.25, 0.3) is 0 Å². The summed E-state index contributed by atoms with van der Waals surface area (Å²) >= 11 is 6.12. The average molecular weight is 524 g/mol. The Labute approximate surface area is 213 Å². The Morgan fingerprint density at radius 1 is 1.14 bits per heavy atom. The van der Waals surface area contributed by atoms with Crippen molar-refractivity contribution in [3.05, 3.63) is 58.6 Å². The van der Waals surface area contributed by atoms with Gasteiger partial charge in [0, 0.05) is 17.1 Å². The number of sulfonamides is 1. The number of nitrogens with zero attached hydrogens (tertiary/aromatic N) is 2. The standard InChI is InChI=1S/C25H34ClN3O5S/c1-17-10-8-9-11-19(17)15-28(18(2)24(31)27-25(3,4)5)23(30)16-29(35(7,32)33)21-14-20(26)12-13-22(21)34-6/h8-14,18H,15-16H2,1-7H3,(H,27,31). The largest absolute Gasteiger partial charge is 0.495 e. The van der Waals surface area contributed by atoms with Gasteiger partial charge in [0.05, 0.1) is 19.1 Å². The monoisotopic (exact) mass is 523 g/mol. The van der Waals surface area contributed by atoms with Gasteiger partial charge in [0.15, 0.2) is 0 Å². The van der Waals surface area contributed by atoms with Gasteiger partial charge in [-0.15, -0.1) is 0 Å². The molecule has 0 saturated heterocycles. The minimum absolute atomic E-state index is 0.133. The van der Waals surface area contributed by atoms with Crippen molar-refractivity contribution in [1.29, 1.82) is 0 Å². The van der Waals surface area contributed by atoms with E-state index in [-0.39, 0.29) is 28.9 Å². The summed E-state index contributed by atoms with van der Waals surface area (Å²) in [5.41, 5.74) is 1.43. The first kappa shape index (κ1) is 28.5. The number of ether oxygens (including phenoxy) is 1. The Kier molecular flexibility index (Phi) is 9.19. The van der Waals surface area contributed by atoms with Crippen LogP contribution in [-0.4, -0.2) is 56.6 Å². The number of benzene rings is 2. The number of nitrogens with one attached hydrogen (secondary N) is 1. The van der Waals surface area contributed by atoms with E-state index in [1.165, 1.54) is 24.1 Å². The van der Waals surface area contributed by atoms with Crippen LogP contribution >= 0.6 is 11.6 Å². The molecule has 0 fully saturated rings. The van der Waals surface area contributed by atoms with Gasteiger partial charge in [-0.1, -0.05) is 35.9 Å². The van der Waals surface area contributed by atoms with Crippen molar-refractivity contribution in [1.82, 2.24) is 10.2 Å². The SMILES string of the molecule is COc1ccc(Cl)cc1N(CC(=O)N(Cc1ccccc1C)C(C)C(=O)NC(C)(C)C)S(C)(=O)=O. The van der Waals surface area contributed by atoms with Crippen LogP contribution in [0, 0.1) is 6.92 Å². The molecule has 35 heavy (non-hydrogen) atoms. The summed E-state index contributed by atoms with van der Waals surface area (Å²) in [5, 5.41) is 3.18. The zero-order chi connectivity index (χ0) is 26.6. The van der Waals surface area contributed by atoms with Gasteiger partial charge in [0.25, 0.3) is 0 Å². The number of hydrogen-bond donors (Lipinski definition) is 1. The molecule has 1 unspecified atom stereocenters. The lowest BCUT2D eigenvalue weighted by Crippen LogP contribution is -2.54. The molecule has 0 aliphatic carbocycles. The molecule has 192 valence electrons. The fourth-order valence-corrected chi connectivity index (χ4v) is 4.49. The molecule has 0 spiro atoms. The second kappa shape index (κ2) is 11.3. The normalized spacial score (nSPS) is 12.6. The molecular weight excluding hydrogens is 490 g/mol. The number of carbonyl (C=O) groups is 2. The first-order valence-corrected chi connectivity index (χ1v) is 13.3. The molecule has 0 heterocycles. The van der Waals surface area contributed by atoms with Crippen LogP contribution in [0.4, 0.5) is 5.69 Å². The van der Waals surface area contributed by atoms with Gasteiger partial charge >= 0.3 is 0 Å². The zero-order valence-electron chi connectivity index (χ0n) is 21.3. The quantitative estimate of drug-likeness (QED) is 0.540. The van der Waals surface area contributed by atoms with Gasteiger partial charge in [-0.3, -0.25) is 13.9 Å². The molecule has 0 saturated carbocycles. The fourth-order valence-electron chi connectivity index (χ4n) is 3.48. The van der Waals surface area contributed by atoms with Crippen LogP contribution < -0.4 is 14.4 Å².